The number of anilines is 1. The monoisotopic (exact) mass is 419 g/mol. The first-order valence-electron chi connectivity index (χ1n) is 10.8. The van der Waals surface area contributed by atoms with Crippen LogP contribution in [0.4, 0.5) is 5.69 Å². The molecule has 3 heteroatoms. The maximum absolute atomic E-state index is 11.1. The van der Waals surface area contributed by atoms with Crippen molar-refractivity contribution in [2.24, 2.45) is 0 Å². The van der Waals surface area contributed by atoms with Crippen LogP contribution in [-0.4, -0.2) is 18.2 Å². The van der Waals surface area contributed by atoms with Gasteiger partial charge in [0.15, 0.2) is 0 Å². The van der Waals surface area contributed by atoms with Gasteiger partial charge in [-0.1, -0.05) is 65.7 Å². The molecule has 156 valence electrons. The lowest BCUT2D eigenvalue weighted by molar-refractivity contribution is 0.0117. The zero-order chi connectivity index (χ0) is 21.1. The highest BCUT2D eigenvalue weighted by molar-refractivity contribution is 6.30. The first-order valence-corrected chi connectivity index (χ1v) is 11.2. The Morgan fingerprint density at radius 1 is 0.833 bits per heavy atom. The van der Waals surface area contributed by atoms with Crippen molar-refractivity contribution in [2.75, 3.05) is 18.0 Å². The SMILES string of the molecule is Cc1ccc(CCc2ccc(N3CCC(O)(c4ccc(Cl)cc4)CC3)c(C)c2)cc1. The largest absolute Gasteiger partial charge is 0.385 e. The molecule has 4 rings (SSSR count). The summed E-state index contributed by atoms with van der Waals surface area (Å²) in [7, 11) is 0. The minimum atomic E-state index is -0.761. The average Bonchev–Trinajstić information content (AvgIpc) is 2.75. The summed E-state index contributed by atoms with van der Waals surface area (Å²) in [6, 6.07) is 23.3. The molecule has 0 aliphatic carbocycles. The number of hydrogen-bond donors (Lipinski definition) is 1. The van der Waals surface area contributed by atoms with Gasteiger partial charge in [0.05, 0.1) is 5.60 Å². The summed E-state index contributed by atoms with van der Waals surface area (Å²) < 4.78 is 0. The van der Waals surface area contributed by atoms with Crippen molar-refractivity contribution in [1.82, 2.24) is 0 Å². The van der Waals surface area contributed by atoms with E-state index in [-0.39, 0.29) is 0 Å². The lowest BCUT2D eigenvalue weighted by Crippen LogP contribution is -2.42. The van der Waals surface area contributed by atoms with Crippen molar-refractivity contribution < 1.29 is 5.11 Å². The van der Waals surface area contributed by atoms with Gasteiger partial charge in [-0.05, 0) is 80.0 Å². The van der Waals surface area contributed by atoms with E-state index in [9.17, 15) is 5.11 Å². The zero-order valence-electron chi connectivity index (χ0n) is 17.9. The Morgan fingerprint density at radius 3 is 2.07 bits per heavy atom. The minimum Gasteiger partial charge on any atom is -0.385 e. The third kappa shape index (κ3) is 4.71. The minimum absolute atomic E-state index is 0.706. The molecule has 3 aromatic carbocycles. The van der Waals surface area contributed by atoms with Gasteiger partial charge in [-0.2, -0.15) is 0 Å². The van der Waals surface area contributed by atoms with Gasteiger partial charge in [-0.3, -0.25) is 0 Å². The zero-order valence-corrected chi connectivity index (χ0v) is 18.6. The molecule has 1 aliphatic rings. The van der Waals surface area contributed by atoms with Crippen molar-refractivity contribution in [2.45, 2.75) is 45.1 Å². The number of aliphatic hydroxyl groups is 1. The maximum atomic E-state index is 11.1. The number of nitrogens with zero attached hydrogens (tertiary/aromatic N) is 1. The fraction of sp³-hybridized carbons (Fsp3) is 0.333. The summed E-state index contributed by atoms with van der Waals surface area (Å²) in [5, 5.41) is 11.8. The molecule has 2 nitrogen and oxygen atoms in total. The Balaban J connectivity index is 1.39. The van der Waals surface area contributed by atoms with Crippen LogP contribution in [0.5, 0.6) is 0 Å². The van der Waals surface area contributed by atoms with Gasteiger partial charge in [0.2, 0.25) is 0 Å². The quantitative estimate of drug-likeness (QED) is 0.529. The third-order valence-corrected chi connectivity index (χ3v) is 6.65. The van der Waals surface area contributed by atoms with E-state index in [0.29, 0.717) is 5.02 Å². The summed E-state index contributed by atoms with van der Waals surface area (Å²) in [5.74, 6) is 0. The van der Waals surface area contributed by atoms with Crippen LogP contribution in [0.2, 0.25) is 5.02 Å². The molecule has 3 aromatic rings. The maximum Gasteiger partial charge on any atom is 0.0930 e. The second kappa shape index (κ2) is 8.83. The summed E-state index contributed by atoms with van der Waals surface area (Å²) in [6.07, 6.45) is 3.57. The van der Waals surface area contributed by atoms with Crippen molar-refractivity contribution in [3.05, 3.63) is 99.6 Å². The van der Waals surface area contributed by atoms with Crippen LogP contribution in [0.1, 0.15) is 40.7 Å². The molecule has 0 atom stereocenters. The van der Waals surface area contributed by atoms with Crippen LogP contribution in [-0.2, 0) is 18.4 Å². The molecule has 0 unspecified atom stereocenters. The molecule has 1 N–H and O–H groups in total. The Labute approximate surface area is 185 Å². The predicted molar refractivity (Wildman–Crippen MR) is 127 cm³/mol. The summed E-state index contributed by atoms with van der Waals surface area (Å²) in [6.45, 7) is 6.03. The number of piperidine rings is 1. The van der Waals surface area contributed by atoms with Crippen LogP contribution < -0.4 is 4.90 Å². The predicted octanol–water partition coefficient (Wildman–Crippen LogP) is 6.23. The van der Waals surface area contributed by atoms with Gasteiger partial charge in [-0.15, -0.1) is 0 Å². The van der Waals surface area contributed by atoms with Gasteiger partial charge in [0.25, 0.3) is 0 Å². The Morgan fingerprint density at radius 2 is 1.43 bits per heavy atom. The standard InChI is InChI=1S/C27H30ClNO/c1-20-3-5-22(6-4-20)7-8-23-9-14-26(21(2)19-23)29-17-15-27(30,16-18-29)24-10-12-25(28)13-11-24/h3-6,9-14,19,30H,7-8,15-18H2,1-2H3. The third-order valence-electron chi connectivity index (χ3n) is 6.40. The lowest BCUT2D eigenvalue weighted by atomic mass is 9.84. The molecule has 0 radical (unpaired) electrons. The number of hydrogen-bond acceptors (Lipinski definition) is 2. The smallest absolute Gasteiger partial charge is 0.0930 e. The number of aryl methyl sites for hydroxylation is 4. The fourth-order valence-electron chi connectivity index (χ4n) is 4.44. The molecule has 1 aliphatic heterocycles. The molecule has 0 saturated carbocycles. The number of halogens is 1. The first-order chi connectivity index (χ1) is 14.4. The second-order valence-corrected chi connectivity index (χ2v) is 9.07. The van der Waals surface area contributed by atoms with E-state index in [4.69, 9.17) is 11.6 Å². The molecule has 1 saturated heterocycles. The number of rotatable bonds is 5. The van der Waals surface area contributed by atoms with E-state index >= 15 is 0 Å². The van der Waals surface area contributed by atoms with Crippen LogP contribution in [0.25, 0.3) is 0 Å². The van der Waals surface area contributed by atoms with Crippen molar-refractivity contribution >= 4 is 17.3 Å². The molecule has 30 heavy (non-hydrogen) atoms. The van der Waals surface area contributed by atoms with Gasteiger partial charge in [-0.25, -0.2) is 0 Å². The van der Waals surface area contributed by atoms with Gasteiger partial charge >= 0.3 is 0 Å². The molecule has 0 aromatic heterocycles. The molecule has 0 bridgehead atoms. The van der Waals surface area contributed by atoms with Crippen molar-refractivity contribution in [3.8, 4) is 0 Å². The molecule has 1 heterocycles. The van der Waals surface area contributed by atoms with Crippen LogP contribution in [0, 0.1) is 13.8 Å². The van der Waals surface area contributed by atoms with Crippen molar-refractivity contribution in [1.29, 1.82) is 0 Å². The second-order valence-electron chi connectivity index (χ2n) is 8.63. The van der Waals surface area contributed by atoms with E-state index in [1.807, 2.05) is 24.3 Å². The van der Waals surface area contributed by atoms with Gasteiger partial charge in [0, 0.05) is 23.8 Å². The van der Waals surface area contributed by atoms with E-state index in [2.05, 4.69) is 61.2 Å². The average molecular weight is 420 g/mol. The van der Waals surface area contributed by atoms with Gasteiger partial charge in [0.1, 0.15) is 0 Å². The number of benzene rings is 3. The summed E-state index contributed by atoms with van der Waals surface area (Å²) in [5.41, 5.74) is 6.88. The molecular formula is C27H30ClNO. The van der Waals surface area contributed by atoms with E-state index < -0.39 is 5.60 Å². The van der Waals surface area contributed by atoms with E-state index in [1.54, 1.807) is 0 Å². The Hall–Kier alpha value is -2.29. The summed E-state index contributed by atoms with van der Waals surface area (Å²) >= 11 is 6.00. The lowest BCUT2D eigenvalue weighted by Gasteiger charge is -2.40. The van der Waals surface area contributed by atoms with E-state index in [0.717, 1.165) is 44.3 Å². The van der Waals surface area contributed by atoms with Crippen molar-refractivity contribution in [3.63, 3.8) is 0 Å². The van der Waals surface area contributed by atoms with E-state index in [1.165, 1.54) is 27.9 Å². The van der Waals surface area contributed by atoms with Gasteiger partial charge < -0.3 is 10.0 Å². The molecule has 0 spiro atoms. The molecular weight excluding hydrogens is 390 g/mol. The first kappa shape index (κ1) is 21.0. The van der Waals surface area contributed by atoms with Crippen LogP contribution in [0.15, 0.2) is 66.7 Å². The Kier molecular flexibility index (Phi) is 6.17. The highest BCUT2D eigenvalue weighted by Crippen LogP contribution is 2.36. The normalized spacial score (nSPS) is 15.9. The fourth-order valence-corrected chi connectivity index (χ4v) is 4.56. The Bertz CT molecular complexity index is 986. The molecule has 0 amide bonds. The molecule has 1 fully saturated rings. The summed E-state index contributed by atoms with van der Waals surface area (Å²) in [4.78, 5) is 2.41. The highest BCUT2D eigenvalue weighted by Gasteiger charge is 2.34. The van der Waals surface area contributed by atoms with Crippen LogP contribution in [0.3, 0.4) is 0 Å². The highest BCUT2D eigenvalue weighted by atomic mass is 35.5. The van der Waals surface area contributed by atoms with Crippen LogP contribution >= 0.6 is 11.6 Å². The topological polar surface area (TPSA) is 23.5 Å².